The highest BCUT2D eigenvalue weighted by atomic mass is 19.1. The molecule has 1 aliphatic carbocycles. The van der Waals surface area contributed by atoms with Gasteiger partial charge in [0.05, 0.1) is 0 Å². The van der Waals surface area contributed by atoms with Crippen LogP contribution in [-0.2, 0) is 6.42 Å². The third kappa shape index (κ3) is 1.99. The third-order valence-electron chi connectivity index (χ3n) is 3.52. The van der Waals surface area contributed by atoms with Gasteiger partial charge in [0.25, 0.3) is 0 Å². The van der Waals surface area contributed by atoms with Gasteiger partial charge in [0.1, 0.15) is 5.82 Å². The Morgan fingerprint density at radius 1 is 1.44 bits per heavy atom. The molecule has 0 heterocycles. The SMILES string of the molecule is CCCNC1c2cc(F)cc(C)c2CC1C. The number of nitrogens with one attached hydrogen (secondary N) is 1. The molecule has 0 fully saturated rings. The van der Waals surface area contributed by atoms with Crippen molar-refractivity contribution in [3.63, 3.8) is 0 Å². The van der Waals surface area contributed by atoms with Crippen LogP contribution >= 0.6 is 0 Å². The number of halogens is 1. The van der Waals surface area contributed by atoms with E-state index in [9.17, 15) is 4.39 Å². The topological polar surface area (TPSA) is 12.0 Å². The first-order valence-electron chi connectivity index (χ1n) is 6.15. The van der Waals surface area contributed by atoms with E-state index in [4.69, 9.17) is 0 Å². The first-order valence-corrected chi connectivity index (χ1v) is 6.15. The minimum Gasteiger partial charge on any atom is -0.310 e. The van der Waals surface area contributed by atoms with E-state index in [-0.39, 0.29) is 5.82 Å². The number of hydrogen-bond donors (Lipinski definition) is 1. The maximum Gasteiger partial charge on any atom is 0.123 e. The Morgan fingerprint density at radius 2 is 2.19 bits per heavy atom. The molecular weight excluding hydrogens is 201 g/mol. The molecule has 1 nitrogen and oxygen atoms in total. The smallest absolute Gasteiger partial charge is 0.123 e. The summed E-state index contributed by atoms with van der Waals surface area (Å²) in [4.78, 5) is 0. The van der Waals surface area contributed by atoms with Crippen LogP contribution in [0.25, 0.3) is 0 Å². The summed E-state index contributed by atoms with van der Waals surface area (Å²) in [5.41, 5.74) is 3.63. The number of rotatable bonds is 3. The summed E-state index contributed by atoms with van der Waals surface area (Å²) in [6, 6.07) is 3.69. The molecule has 0 amide bonds. The molecule has 0 saturated carbocycles. The lowest BCUT2D eigenvalue weighted by Crippen LogP contribution is -2.24. The van der Waals surface area contributed by atoms with Gasteiger partial charge < -0.3 is 5.32 Å². The zero-order valence-electron chi connectivity index (χ0n) is 10.3. The van der Waals surface area contributed by atoms with E-state index in [0.29, 0.717) is 12.0 Å². The fourth-order valence-electron chi connectivity index (χ4n) is 2.71. The molecule has 2 rings (SSSR count). The van der Waals surface area contributed by atoms with Crippen LogP contribution in [0.2, 0.25) is 0 Å². The number of hydrogen-bond acceptors (Lipinski definition) is 1. The normalized spacial score (nSPS) is 23.5. The summed E-state index contributed by atoms with van der Waals surface area (Å²) in [5.74, 6) is 0.468. The molecule has 1 aromatic rings. The van der Waals surface area contributed by atoms with E-state index in [1.165, 1.54) is 11.1 Å². The van der Waals surface area contributed by atoms with Gasteiger partial charge in [0.2, 0.25) is 0 Å². The van der Waals surface area contributed by atoms with Gasteiger partial charge in [-0.1, -0.05) is 13.8 Å². The average Bonchev–Trinajstić information content (AvgIpc) is 2.53. The quantitative estimate of drug-likeness (QED) is 0.825. The highest BCUT2D eigenvalue weighted by Gasteiger charge is 2.30. The standard InChI is InChI=1S/C14H20FN/c1-4-5-16-14-10(3)7-12-9(2)6-11(15)8-13(12)14/h6,8,10,14,16H,4-5,7H2,1-3H3. The molecule has 0 radical (unpaired) electrons. The van der Waals surface area contributed by atoms with Gasteiger partial charge in [-0.05, 0) is 61.1 Å². The first-order chi connectivity index (χ1) is 7.63. The van der Waals surface area contributed by atoms with Crippen LogP contribution < -0.4 is 5.32 Å². The Labute approximate surface area is 97.1 Å². The van der Waals surface area contributed by atoms with E-state index >= 15 is 0 Å². The van der Waals surface area contributed by atoms with Gasteiger partial charge in [0, 0.05) is 6.04 Å². The van der Waals surface area contributed by atoms with Crippen molar-refractivity contribution in [2.24, 2.45) is 5.92 Å². The molecule has 0 saturated heterocycles. The van der Waals surface area contributed by atoms with E-state index in [0.717, 1.165) is 24.9 Å². The second-order valence-corrected chi connectivity index (χ2v) is 4.90. The zero-order valence-corrected chi connectivity index (χ0v) is 10.3. The molecule has 0 bridgehead atoms. The van der Waals surface area contributed by atoms with Crippen LogP contribution in [0.5, 0.6) is 0 Å². The second-order valence-electron chi connectivity index (χ2n) is 4.90. The molecule has 1 aromatic carbocycles. The minimum atomic E-state index is -0.103. The second kappa shape index (κ2) is 4.54. The van der Waals surface area contributed by atoms with Crippen LogP contribution in [0, 0.1) is 18.7 Å². The summed E-state index contributed by atoms with van der Waals surface area (Å²) in [5, 5.41) is 3.52. The van der Waals surface area contributed by atoms with Crippen molar-refractivity contribution >= 4 is 0 Å². The van der Waals surface area contributed by atoms with Crippen molar-refractivity contribution in [2.75, 3.05) is 6.54 Å². The Morgan fingerprint density at radius 3 is 2.88 bits per heavy atom. The van der Waals surface area contributed by atoms with Crippen LogP contribution in [-0.4, -0.2) is 6.54 Å². The molecule has 88 valence electrons. The van der Waals surface area contributed by atoms with Gasteiger partial charge in [0.15, 0.2) is 0 Å². The van der Waals surface area contributed by atoms with Crippen LogP contribution in [0.15, 0.2) is 12.1 Å². The van der Waals surface area contributed by atoms with Gasteiger partial charge in [-0.15, -0.1) is 0 Å². The molecular formula is C14H20FN. The molecule has 2 unspecified atom stereocenters. The lowest BCUT2D eigenvalue weighted by Gasteiger charge is -2.18. The van der Waals surface area contributed by atoms with Crippen molar-refractivity contribution in [2.45, 2.75) is 39.7 Å². The molecule has 16 heavy (non-hydrogen) atoms. The predicted octanol–water partition coefficient (Wildman–Crippen LogP) is 3.37. The lowest BCUT2D eigenvalue weighted by atomic mass is 10.0. The first kappa shape index (κ1) is 11.6. The van der Waals surface area contributed by atoms with E-state index in [1.54, 1.807) is 12.1 Å². The molecule has 0 aromatic heterocycles. The summed E-state index contributed by atoms with van der Waals surface area (Å²) >= 11 is 0. The Hall–Kier alpha value is -0.890. The molecule has 1 N–H and O–H groups in total. The third-order valence-corrected chi connectivity index (χ3v) is 3.52. The summed E-state index contributed by atoms with van der Waals surface area (Å²) < 4.78 is 13.4. The van der Waals surface area contributed by atoms with Crippen molar-refractivity contribution in [1.82, 2.24) is 5.32 Å². The largest absolute Gasteiger partial charge is 0.310 e. The molecule has 2 atom stereocenters. The molecule has 0 spiro atoms. The highest BCUT2D eigenvalue weighted by Crippen LogP contribution is 2.37. The Bertz CT molecular complexity index is 387. The van der Waals surface area contributed by atoms with Crippen molar-refractivity contribution in [1.29, 1.82) is 0 Å². The van der Waals surface area contributed by atoms with Gasteiger partial charge >= 0.3 is 0 Å². The lowest BCUT2D eigenvalue weighted by molar-refractivity contribution is 0.416. The van der Waals surface area contributed by atoms with Gasteiger partial charge in [-0.2, -0.15) is 0 Å². The summed E-state index contributed by atoms with van der Waals surface area (Å²) in [7, 11) is 0. The summed E-state index contributed by atoms with van der Waals surface area (Å²) in [6.07, 6.45) is 2.19. The Kier molecular flexibility index (Phi) is 3.29. The predicted molar refractivity (Wildman–Crippen MR) is 65.0 cm³/mol. The highest BCUT2D eigenvalue weighted by molar-refractivity contribution is 5.41. The average molecular weight is 221 g/mol. The van der Waals surface area contributed by atoms with Crippen molar-refractivity contribution in [3.05, 3.63) is 34.6 Å². The monoisotopic (exact) mass is 221 g/mol. The minimum absolute atomic E-state index is 0.103. The van der Waals surface area contributed by atoms with Gasteiger partial charge in [-0.3, -0.25) is 0 Å². The van der Waals surface area contributed by atoms with E-state index in [1.807, 2.05) is 6.92 Å². The van der Waals surface area contributed by atoms with Crippen molar-refractivity contribution < 1.29 is 4.39 Å². The van der Waals surface area contributed by atoms with Crippen LogP contribution in [0.4, 0.5) is 4.39 Å². The number of fused-ring (bicyclic) bond motifs is 1. The zero-order chi connectivity index (χ0) is 11.7. The fraction of sp³-hybridized carbons (Fsp3) is 0.571. The summed E-state index contributed by atoms with van der Waals surface area (Å²) in [6.45, 7) is 7.41. The maximum absolute atomic E-state index is 13.4. The molecule has 1 aliphatic rings. The van der Waals surface area contributed by atoms with Gasteiger partial charge in [-0.25, -0.2) is 4.39 Å². The van der Waals surface area contributed by atoms with Crippen LogP contribution in [0.1, 0.15) is 43.0 Å². The van der Waals surface area contributed by atoms with E-state index in [2.05, 4.69) is 19.2 Å². The number of benzene rings is 1. The van der Waals surface area contributed by atoms with Crippen molar-refractivity contribution in [3.8, 4) is 0 Å². The number of aryl methyl sites for hydroxylation is 1. The van der Waals surface area contributed by atoms with E-state index < -0.39 is 0 Å². The molecule has 2 heteroatoms. The Balaban J connectivity index is 2.32. The maximum atomic E-state index is 13.4. The molecule has 0 aliphatic heterocycles. The fourth-order valence-corrected chi connectivity index (χ4v) is 2.71. The van der Waals surface area contributed by atoms with Crippen LogP contribution in [0.3, 0.4) is 0 Å².